The number of aryl methyl sites for hydroxylation is 1. The molecule has 0 spiro atoms. The summed E-state index contributed by atoms with van der Waals surface area (Å²) in [7, 11) is 5.68. The third-order valence-electron chi connectivity index (χ3n) is 3.56. The van der Waals surface area contributed by atoms with Gasteiger partial charge in [0.15, 0.2) is 5.16 Å². The number of nitrogens with one attached hydrogen (secondary N) is 1. The van der Waals surface area contributed by atoms with E-state index in [4.69, 9.17) is 4.74 Å². The van der Waals surface area contributed by atoms with E-state index < -0.39 is 0 Å². The van der Waals surface area contributed by atoms with E-state index in [2.05, 4.69) is 20.4 Å². The monoisotopic (exact) mass is 363 g/mol. The van der Waals surface area contributed by atoms with Crippen molar-refractivity contribution in [3.63, 3.8) is 0 Å². The summed E-state index contributed by atoms with van der Waals surface area (Å²) in [5.41, 5.74) is 0.942. The zero-order chi connectivity index (χ0) is 18.2. The van der Waals surface area contributed by atoms with Crippen molar-refractivity contribution < 1.29 is 9.53 Å². The molecule has 0 aliphatic carbocycles. The second-order valence-corrected chi connectivity index (χ2v) is 6.80. The molecule has 0 saturated heterocycles. The number of aromatic nitrogens is 3. The van der Waals surface area contributed by atoms with Crippen molar-refractivity contribution in [1.29, 1.82) is 0 Å². The van der Waals surface area contributed by atoms with E-state index in [1.165, 1.54) is 11.8 Å². The van der Waals surface area contributed by atoms with E-state index in [1.807, 2.05) is 49.9 Å². The number of thioether (sulfide) groups is 1. The predicted molar refractivity (Wildman–Crippen MR) is 99.6 cm³/mol. The molecule has 0 radical (unpaired) electrons. The predicted octanol–water partition coefficient (Wildman–Crippen LogP) is 1.74. The minimum atomic E-state index is 0.00527. The molecule has 1 aromatic carbocycles. The third kappa shape index (κ3) is 5.75. The van der Waals surface area contributed by atoms with Crippen molar-refractivity contribution in [1.82, 2.24) is 25.0 Å². The Morgan fingerprint density at radius 2 is 2.00 bits per heavy atom. The number of nitrogens with zero attached hydrogens (tertiary/aromatic N) is 4. The van der Waals surface area contributed by atoms with Crippen LogP contribution in [-0.4, -0.2) is 65.6 Å². The van der Waals surface area contributed by atoms with Crippen LogP contribution in [0.3, 0.4) is 0 Å². The first-order valence-corrected chi connectivity index (χ1v) is 9.10. The van der Waals surface area contributed by atoms with Crippen molar-refractivity contribution in [3.8, 4) is 11.4 Å². The van der Waals surface area contributed by atoms with Crippen molar-refractivity contribution in [3.05, 3.63) is 30.1 Å². The lowest BCUT2D eigenvalue weighted by molar-refractivity contribution is -0.118. The average Bonchev–Trinajstić information content (AvgIpc) is 2.97. The minimum Gasteiger partial charge on any atom is -0.497 e. The van der Waals surface area contributed by atoms with Crippen LogP contribution in [0.25, 0.3) is 5.69 Å². The van der Waals surface area contributed by atoms with E-state index in [0.717, 1.165) is 30.2 Å². The highest BCUT2D eigenvalue weighted by Crippen LogP contribution is 2.23. The zero-order valence-corrected chi connectivity index (χ0v) is 16.0. The highest BCUT2D eigenvalue weighted by atomic mass is 32.2. The Hall–Kier alpha value is -2.06. The van der Waals surface area contributed by atoms with Crippen LogP contribution in [-0.2, 0) is 4.79 Å². The fourth-order valence-corrected chi connectivity index (χ4v) is 3.10. The molecule has 2 aromatic rings. The minimum absolute atomic E-state index is 0.00527. The van der Waals surface area contributed by atoms with Crippen LogP contribution in [0.15, 0.2) is 29.4 Å². The lowest BCUT2D eigenvalue weighted by atomic mass is 10.3. The average molecular weight is 363 g/mol. The summed E-state index contributed by atoms with van der Waals surface area (Å²) < 4.78 is 7.12. The Morgan fingerprint density at radius 3 is 2.64 bits per heavy atom. The van der Waals surface area contributed by atoms with Crippen molar-refractivity contribution in [2.75, 3.05) is 40.0 Å². The molecule has 7 nitrogen and oxygen atoms in total. The fraction of sp³-hybridized carbons (Fsp3) is 0.471. The van der Waals surface area contributed by atoms with Crippen molar-refractivity contribution >= 4 is 17.7 Å². The van der Waals surface area contributed by atoms with E-state index in [1.54, 1.807) is 7.11 Å². The summed E-state index contributed by atoms with van der Waals surface area (Å²) >= 11 is 1.38. The molecule has 1 amide bonds. The molecule has 0 atom stereocenters. The van der Waals surface area contributed by atoms with Crippen LogP contribution in [0.1, 0.15) is 12.2 Å². The molecule has 1 aromatic heterocycles. The number of rotatable bonds is 9. The van der Waals surface area contributed by atoms with Gasteiger partial charge in [-0.15, -0.1) is 10.2 Å². The van der Waals surface area contributed by atoms with Gasteiger partial charge in [-0.25, -0.2) is 0 Å². The van der Waals surface area contributed by atoms with E-state index in [9.17, 15) is 4.79 Å². The SMILES string of the molecule is COc1ccc(-n2c(C)nnc2SCC(=O)NCCCN(C)C)cc1. The number of carbonyl (C=O) groups is 1. The van der Waals surface area contributed by atoms with Crippen LogP contribution in [0.4, 0.5) is 0 Å². The highest BCUT2D eigenvalue weighted by molar-refractivity contribution is 7.99. The molecule has 25 heavy (non-hydrogen) atoms. The number of amides is 1. The molecule has 0 aliphatic rings. The first-order valence-electron chi connectivity index (χ1n) is 8.12. The lowest BCUT2D eigenvalue weighted by Gasteiger charge is -2.10. The number of carbonyl (C=O) groups excluding carboxylic acids is 1. The smallest absolute Gasteiger partial charge is 0.230 e. The largest absolute Gasteiger partial charge is 0.497 e. The topological polar surface area (TPSA) is 72.3 Å². The standard InChI is InChI=1S/C17H25N5O2S/c1-13-19-20-17(22(13)14-6-8-15(24-4)9-7-14)25-12-16(23)18-10-5-11-21(2)3/h6-9H,5,10-12H2,1-4H3,(H,18,23). The summed E-state index contributed by atoms with van der Waals surface area (Å²) in [5, 5.41) is 11.9. The van der Waals surface area contributed by atoms with Crippen molar-refractivity contribution in [2.45, 2.75) is 18.5 Å². The number of hydrogen-bond acceptors (Lipinski definition) is 6. The maximum atomic E-state index is 12.0. The maximum absolute atomic E-state index is 12.0. The van der Waals surface area contributed by atoms with Crippen LogP contribution in [0.5, 0.6) is 5.75 Å². The van der Waals surface area contributed by atoms with Gasteiger partial charge < -0.3 is 15.0 Å². The molecule has 8 heteroatoms. The molecule has 2 rings (SSSR count). The molecule has 0 unspecified atom stereocenters. The molecule has 0 saturated carbocycles. The van der Waals surface area contributed by atoms with Crippen molar-refractivity contribution in [2.24, 2.45) is 0 Å². The van der Waals surface area contributed by atoms with Crippen LogP contribution >= 0.6 is 11.8 Å². The first-order chi connectivity index (χ1) is 12.0. The van der Waals surface area contributed by atoms with Gasteiger partial charge in [0.25, 0.3) is 0 Å². The van der Waals surface area contributed by atoms with Gasteiger partial charge >= 0.3 is 0 Å². The lowest BCUT2D eigenvalue weighted by Crippen LogP contribution is -2.28. The quantitative estimate of drug-likeness (QED) is 0.540. The second-order valence-electron chi connectivity index (χ2n) is 5.86. The number of methoxy groups -OCH3 is 1. The number of ether oxygens (including phenoxy) is 1. The van der Waals surface area contributed by atoms with Gasteiger partial charge in [0, 0.05) is 12.2 Å². The Bertz CT molecular complexity index is 685. The second kappa shape index (κ2) is 9.43. The normalized spacial score (nSPS) is 10.9. The summed E-state index contributed by atoms with van der Waals surface area (Å²) in [4.78, 5) is 14.1. The van der Waals surface area contributed by atoms with Gasteiger partial charge in [0.1, 0.15) is 11.6 Å². The Morgan fingerprint density at radius 1 is 1.28 bits per heavy atom. The van der Waals surface area contributed by atoms with Gasteiger partial charge in [-0.2, -0.15) is 0 Å². The number of hydrogen-bond donors (Lipinski definition) is 1. The summed E-state index contributed by atoms with van der Waals surface area (Å²) in [5.74, 6) is 1.89. The van der Waals surface area contributed by atoms with E-state index >= 15 is 0 Å². The molecule has 0 aliphatic heterocycles. The molecule has 0 bridgehead atoms. The van der Waals surface area contributed by atoms with Gasteiger partial charge in [-0.05, 0) is 58.3 Å². The summed E-state index contributed by atoms with van der Waals surface area (Å²) in [6.07, 6.45) is 0.935. The van der Waals surface area contributed by atoms with Crippen LogP contribution in [0, 0.1) is 6.92 Å². The molecule has 0 fully saturated rings. The Kier molecular flexibility index (Phi) is 7.27. The molecule has 1 heterocycles. The highest BCUT2D eigenvalue weighted by Gasteiger charge is 2.13. The molecule has 136 valence electrons. The van der Waals surface area contributed by atoms with Gasteiger partial charge in [-0.3, -0.25) is 9.36 Å². The molecule has 1 N–H and O–H groups in total. The summed E-state index contributed by atoms with van der Waals surface area (Å²) in [6.45, 7) is 3.53. The van der Waals surface area contributed by atoms with Gasteiger partial charge in [0.2, 0.25) is 5.91 Å². The third-order valence-corrected chi connectivity index (χ3v) is 4.49. The van der Waals surface area contributed by atoms with Gasteiger partial charge in [0.05, 0.1) is 12.9 Å². The zero-order valence-electron chi connectivity index (χ0n) is 15.2. The first kappa shape index (κ1) is 19.3. The Labute approximate surface area is 152 Å². The molecular weight excluding hydrogens is 338 g/mol. The van der Waals surface area contributed by atoms with Crippen LogP contribution < -0.4 is 10.1 Å². The van der Waals surface area contributed by atoms with E-state index in [0.29, 0.717) is 17.5 Å². The van der Waals surface area contributed by atoms with Gasteiger partial charge in [-0.1, -0.05) is 11.8 Å². The maximum Gasteiger partial charge on any atom is 0.230 e. The van der Waals surface area contributed by atoms with E-state index in [-0.39, 0.29) is 5.91 Å². The van der Waals surface area contributed by atoms with Crippen LogP contribution in [0.2, 0.25) is 0 Å². The Balaban J connectivity index is 1.93. The summed E-state index contributed by atoms with van der Waals surface area (Å²) in [6, 6.07) is 7.67. The fourth-order valence-electron chi connectivity index (χ4n) is 2.27. The molecular formula is C17H25N5O2S. The number of benzene rings is 1.